The fourth-order valence-corrected chi connectivity index (χ4v) is 3.17. The van der Waals surface area contributed by atoms with Gasteiger partial charge in [-0.3, -0.25) is 14.9 Å². The largest absolute Gasteiger partial charge is 0.353 e. The second-order valence-corrected chi connectivity index (χ2v) is 6.68. The molecule has 0 spiro atoms. The first-order valence-electron chi connectivity index (χ1n) is 7.10. The summed E-state index contributed by atoms with van der Waals surface area (Å²) in [7, 11) is 0. The van der Waals surface area contributed by atoms with Gasteiger partial charge in [0.05, 0.1) is 0 Å². The van der Waals surface area contributed by atoms with Crippen LogP contribution in [0.4, 0.5) is 0 Å². The number of thiocarbonyl (C=S) groups is 1. The van der Waals surface area contributed by atoms with Crippen molar-refractivity contribution in [3.63, 3.8) is 0 Å². The topological polar surface area (TPSA) is 61.4 Å². The van der Waals surface area contributed by atoms with Gasteiger partial charge in [0.2, 0.25) is 5.91 Å². The molecule has 118 valence electrons. The first-order chi connectivity index (χ1) is 10.4. The third kappa shape index (κ3) is 3.75. The summed E-state index contributed by atoms with van der Waals surface area (Å²) in [5.74, 6) is -0.293. The standard InChI is InChI=1S/C15H18IN3O2S/c1-3-12-14(21)17-6-7-19(12)15(22)18-13(20)10-5-4-9(2)11(16)8-10/h4-5,8,12H,3,6-7H2,1-2H3,(H,17,21)(H,18,20,22)/t12-/m1/s1. The Kier molecular flexibility index (Phi) is 5.74. The zero-order valence-corrected chi connectivity index (χ0v) is 15.5. The third-order valence-electron chi connectivity index (χ3n) is 3.63. The Hall–Kier alpha value is -1.22. The predicted octanol–water partition coefficient (Wildman–Crippen LogP) is 1.82. The number of hydrogen-bond acceptors (Lipinski definition) is 3. The van der Waals surface area contributed by atoms with E-state index in [1.165, 1.54) is 0 Å². The highest BCUT2D eigenvalue weighted by atomic mass is 127. The third-order valence-corrected chi connectivity index (χ3v) is 5.13. The van der Waals surface area contributed by atoms with Crippen LogP contribution >= 0.6 is 34.8 Å². The number of carbonyl (C=O) groups is 2. The Bertz CT molecular complexity index is 621. The van der Waals surface area contributed by atoms with E-state index in [1.807, 2.05) is 26.0 Å². The lowest BCUT2D eigenvalue weighted by atomic mass is 10.1. The lowest BCUT2D eigenvalue weighted by molar-refractivity contribution is -0.127. The molecule has 1 aliphatic heterocycles. The molecule has 22 heavy (non-hydrogen) atoms. The molecule has 1 aromatic rings. The van der Waals surface area contributed by atoms with Gasteiger partial charge in [-0.15, -0.1) is 0 Å². The Morgan fingerprint density at radius 3 is 2.91 bits per heavy atom. The smallest absolute Gasteiger partial charge is 0.257 e. The molecule has 1 aromatic carbocycles. The number of amides is 2. The van der Waals surface area contributed by atoms with Crippen LogP contribution in [-0.2, 0) is 4.79 Å². The highest BCUT2D eigenvalue weighted by molar-refractivity contribution is 14.1. The average Bonchev–Trinajstić information content (AvgIpc) is 2.49. The minimum Gasteiger partial charge on any atom is -0.353 e. The Morgan fingerprint density at radius 2 is 2.27 bits per heavy atom. The van der Waals surface area contributed by atoms with Crippen LogP contribution in [0.15, 0.2) is 18.2 Å². The van der Waals surface area contributed by atoms with Crippen molar-refractivity contribution in [3.05, 3.63) is 32.9 Å². The summed E-state index contributed by atoms with van der Waals surface area (Å²) in [5, 5.41) is 5.85. The van der Waals surface area contributed by atoms with Crippen molar-refractivity contribution in [1.29, 1.82) is 0 Å². The van der Waals surface area contributed by atoms with Gasteiger partial charge in [0, 0.05) is 22.2 Å². The SMILES string of the molecule is CC[C@@H]1C(=O)NCCN1C(=S)NC(=O)c1ccc(C)c(I)c1. The molecule has 0 radical (unpaired) electrons. The molecule has 0 aromatic heterocycles. The van der Waals surface area contributed by atoms with Crippen LogP contribution in [0.5, 0.6) is 0 Å². The second kappa shape index (κ2) is 7.36. The minimum absolute atomic E-state index is 0.0461. The van der Waals surface area contributed by atoms with Crippen molar-refractivity contribution < 1.29 is 9.59 Å². The fraction of sp³-hybridized carbons (Fsp3) is 0.400. The first-order valence-corrected chi connectivity index (χ1v) is 8.58. The molecule has 5 nitrogen and oxygen atoms in total. The number of carbonyl (C=O) groups excluding carboxylic acids is 2. The van der Waals surface area contributed by atoms with Crippen LogP contribution in [0, 0.1) is 10.5 Å². The van der Waals surface area contributed by atoms with E-state index in [0.717, 1.165) is 9.13 Å². The molecular formula is C15H18IN3O2S. The Morgan fingerprint density at radius 1 is 1.55 bits per heavy atom. The van der Waals surface area contributed by atoms with Gasteiger partial charge in [-0.2, -0.15) is 0 Å². The van der Waals surface area contributed by atoms with E-state index in [0.29, 0.717) is 30.2 Å². The number of piperazine rings is 1. The normalized spacial score (nSPS) is 17.9. The van der Waals surface area contributed by atoms with Crippen molar-refractivity contribution in [2.45, 2.75) is 26.3 Å². The number of nitrogens with zero attached hydrogens (tertiary/aromatic N) is 1. The van der Waals surface area contributed by atoms with Gasteiger partial charge in [0.25, 0.3) is 5.91 Å². The molecule has 0 unspecified atom stereocenters. The van der Waals surface area contributed by atoms with E-state index < -0.39 is 0 Å². The summed E-state index contributed by atoms with van der Waals surface area (Å²) in [6, 6.07) is 5.19. The fourth-order valence-electron chi connectivity index (χ4n) is 2.34. The number of rotatable bonds is 2. The van der Waals surface area contributed by atoms with E-state index in [9.17, 15) is 9.59 Å². The van der Waals surface area contributed by atoms with Gasteiger partial charge in [-0.25, -0.2) is 0 Å². The molecule has 1 atom stereocenters. The number of nitrogens with one attached hydrogen (secondary N) is 2. The molecule has 1 saturated heterocycles. The van der Waals surface area contributed by atoms with Crippen LogP contribution in [0.2, 0.25) is 0 Å². The Balaban J connectivity index is 2.08. The van der Waals surface area contributed by atoms with E-state index in [2.05, 4.69) is 33.2 Å². The van der Waals surface area contributed by atoms with Crippen LogP contribution in [0.1, 0.15) is 29.3 Å². The molecule has 1 aliphatic rings. The maximum Gasteiger partial charge on any atom is 0.257 e. The second-order valence-electron chi connectivity index (χ2n) is 5.13. The van der Waals surface area contributed by atoms with E-state index in [4.69, 9.17) is 12.2 Å². The summed E-state index contributed by atoms with van der Waals surface area (Å²) in [4.78, 5) is 25.9. The van der Waals surface area contributed by atoms with Gasteiger partial charge in [-0.1, -0.05) is 13.0 Å². The van der Waals surface area contributed by atoms with E-state index >= 15 is 0 Å². The molecule has 1 heterocycles. The maximum atomic E-state index is 12.3. The van der Waals surface area contributed by atoms with E-state index in [1.54, 1.807) is 11.0 Å². The van der Waals surface area contributed by atoms with Crippen LogP contribution in [0.3, 0.4) is 0 Å². The Labute approximate surface area is 149 Å². The molecular weight excluding hydrogens is 413 g/mol. The molecule has 2 N–H and O–H groups in total. The van der Waals surface area contributed by atoms with Crippen molar-refractivity contribution in [3.8, 4) is 0 Å². The highest BCUT2D eigenvalue weighted by Gasteiger charge is 2.30. The summed E-state index contributed by atoms with van der Waals surface area (Å²) in [5.41, 5.74) is 1.69. The van der Waals surface area contributed by atoms with Crippen molar-refractivity contribution in [1.82, 2.24) is 15.5 Å². The summed E-state index contributed by atoms with van der Waals surface area (Å²) < 4.78 is 1.03. The van der Waals surface area contributed by atoms with Gasteiger partial charge in [-0.05, 0) is 65.8 Å². The number of hydrogen-bond donors (Lipinski definition) is 2. The molecule has 0 bridgehead atoms. The highest BCUT2D eigenvalue weighted by Crippen LogP contribution is 2.14. The van der Waals surface area contributed by atoms with Crippen molar-refractivity contribution >= 4 is 51.7 Å². The van der Waals surface area contributed by atoms with Crippen molar-refractivity contribution in [2.75, 3.05) is 13.1 Å². The van der Waals surface area contributed by atoms with Crippen LogP contribution in [0.25, 0.3) is 0 Å². The summed E-state index contributed by atoms with van der Waals surface area (Å²) in [6.45, 7) is 5.06. The molecule has 2 amide bonds. The first kappa shape index (κ1) is 17.1. The lowest BCUT2D eigenvalue weighted by Gasteiger charge is -2.36. The van der Waals surface area contributed by atoms with Crippen LogP contribution in [-0.4, -0.2) is 41.0 Å². The number of aryl methyl sites for hydroxylation is 1. The van der Waals surface area contributed by atoms with Gasteiger partial charge in [0.1, 0.15) is 6.04 Å². The zero-order valence-electron chi connectivity index (χ0n) is 12.5. The predicted molar refractivity (Wildman–Crippen MR) is 97.8 cm³/mol. The monoisotopic (exact) mass is 431 g/mol. The summed E-state index contributed by atoms with van der Waals surface area (Å²) >= 11 is 7.51. The number of halogens is 1. The number of benzene rings is 1. The molecule has 0 aliphatic carbocycles. The van der Waals surface area contributed by atoms with Crippen molar-refractivity contribution in [2.24, 2.45) is 0 Å². The average molecular weight is 431 g/mol. The van der Waals surface area contributed by atoms with Gasteiger partial charge in [0.15, 0.2) is 5.11 Å². The maximum absolute atomic E-state index is 12.3. The minimum atomic E-state index is -0.320. The van der Waals surface area contributed by atoms with Gasteiger partial charge < -0.3 is 10.2 Å². The lowest BCUT2D eigenvalue weighted by Crippen LogP contribution is -2.59. The van der Waals surface area contributed by atoms with Crippen LogP contribution < -0.4 is 10.6 Å². The molecule has 7 heteroatoms. The van der Waals surface area contributed by atoms with E-state index in [-0.39, 0.29) is 17.9 Å². The summed E-state index contributed by atoms with van der Waals surface area (Å²) in [6.07, 6.45) is 0.643. The quantitative estimate of drug-likeness (QED) is 0.554. The van der Waals surface area contributed by atoms with Gasteiger partial charge >= 0.3 is 0 Å². The molecule has 1 fully saturated rings. The molecule has 2 rings (SSSR count). The zero-order chi connectivity index (χ0) is 16.3. The molecule has 0 saturated carbocycles.